The molecule has 0 fully saturated rings. The van der Waals surface area contributed by atoms with Gasteiger partial charge in [0.2, 0.25) is 11.8 Å². The molecule has 0 saturated carbocycles. The summed E-state index contributed by atoms with van der Waals surface area (Å²) >= 11 is 3.94. The molecule has 1 amide bonds. The van der Waals surface area contributed by atoms with Crippen molar-refractivity contribution >= 4 is 40.7 Å². The zero-order valence-corrected chi connectivity index (χ0v) is 14.8. The maximum Gasteiger partial charge on any atom is 0.394 e. The van der Waals surface area contributed by atoms with Crippen LogP contribution in [0, 0.1) is 0 Å². The van der Waals surface area contributed by atoms with Crippen molar-refractivity contribution in [3.63, 3.8) is 0 Å². The van der Waals surface area contributed by atoms with Crippen LogP contribution in [0.2, 0.25) is 0 Å². The number of rotatable bonds is 4. The van der Waals surface area contributed by atoms with E-state index < -0.39 is 10.4 Å². The summed E-state index contributed by atoms with van der Waals surface area (Å²) in [4.78, 5) is 11.3. The van der Waals surface area contributed by atoms with Crippen LogP contribution in [0.25, 0.3) is 0 Å². The van der Waals surface area contributed by atoms with Crippen molar-refractivity contribution in [2.24, 2.45) is 4.40 Å². The number of hydrogen-bond acceptors (Lipinski definition) is 6. The molecule has 1 aliphatic heterocycles. The summed E-state index contributed by atoms with van der Waals surface area (Å²) in [6.45, 7) is 2.12. The molecule has 0 radical (unpaired) electrons. The average Bonchev–Trinajstić information content (AvgIpc) is 2.49. The Labute approximate surface area is 146 Å². The lowest BCUT2D eigenvalue weighted by molar-refractivity contribution is -0.116. The zero-order valence-electron chi connectivity index (χ0n) is 13.1. The van der Waals surface area contributed by atoms with Gasteiger partial charge < -0.3 is 10.1 Å². The van der Waals surface area contributed by atoms with E-state index in [1.165, 1.54) is 0 Å². The second-order valence-corrected chi connectivity index (χ2v) is 6.11. The Morgan fingerprint density at radius 1 is 1.38 bits per heavy atom. The van der Waals surface area contributed by atoms with Crippen molar-refractivity contribution in [1.29, 1.82) is 0 Å². The van der Waals surface area contributed by atoms with Crippen LogP contribution in [0.4, 0.5) is 5.69 Å². The molecular formula is C14H20N2O6S2. The number of nitrogens with one attached hydrogen (secondary N) is 1. The van der Waals surface area contributed by atoms with Gasteiger partial charge in [-0.05, 0) is 49.4 Å². The van der Waals surface area contributed by atoms with E-state index in [0.29, 0.717) is 12.3 Å². The van der Waals surface area contributed by atoms with Crippen molar-refractivity contribution in [3.05, 3.63) is 23.8 Å². The van der Waals surface area contributed by atoms with E-state index in [2.05, 4.69) is 29.5 Å². The molecule has 8 nitrogen and oxygen atoms in total. The lowest BCUT2D eigenvalue weighted by atomic mass is 10.0. The van der Waals surface area contributed by atoms with E-state index in [-0.39, 0.29) is 5.91 Å². The van der Waals surface area contributed by atoms with E-state index in [0.717, 1.165) is 42.7 Å². The molecule has 0 aromatic heterocycles. The fourth-order valence-electron chi connectivity index (χ4n) is 2.01. The number of benzene rings is 1. The highest BCUT2D eigenvalue weighted by molar-refractivity contribution is 7.79. The number of carbonyl (C=O) groups excluding carboxylic acids is 1. The van der Waals surface area contributed by atoms with Gasteiger partial charge in [-0.1, -0.05) is 13.3 Å². The van der Waals surface area contributed by atoms with Crippen molar-refractivity contribution < 1.29 is 27.1 Å². The van der Waals surface area contributed by atoms with Gasteiger partial charge in [0.15, 0.2) is 0 Å². The first kappa shape index (κ1) is 20.4. The van der Waals surface area contributed by atoms with Crippen LogP contribution in [-0.4, -0.2) is 29.3 Å². The standard InChI is InChI=1S/C14H18N2O2S.H2O4S/c1-2-3-4-14(16-19)18-11-6-7-12-10(9-11)5-8-13(17)15-12;1-5(2,3)4/h6-7,9,19H,2-5,8H2,1H3,(H,15,17);(H2,1,2,3,4). The lowest BCUT2D eigenvalue weighted by Gasteiger charge is -2.17. The maximum absolute atomic E-state index is 11.3. The van der Waals surface area contributed by atoms with E-state index in [9.17, 15) is 4.79 Å². The van der Waals surface area contributed by atoms with Crippen LogP contribution in [0.15, 0.2) is 22.6 Å². The summed E-state index contributed by atoms with van der Waals surface area (Å²) in [5.74, 6) is 1.45. The van der Waals surface area contributed by atoms with Gasteiger partial charge >= 0.3 is 10.4 Å². The zero-order chi connectivity index (χ0) is 18.2. The Hall–Kier alpha value is -1.62. The normalized spacial score (nSPS) is 14.2. The summed E-state index contributed by atoms with van der Waals surface area (Å²) in [7, 11) is -4.67. The number of unbranched alkanes of at least 4 members (excludes halogenated alkanes) is 1. The molecule has 0 aliphatic carbocycles. The maximum atomic E-state index is 11.3. The van der Waals surface area contributed by atoms with Crippen LogP contribution >= 0.6 is 12.8 Å². The summed E-state index contributed by atoms with van der Waals surface area (Å²) in [6, 6.07) is 5.67. The molecule has 1 aromatic carbocycles. The summed E-state index contributed by atoms with van der Waals surface area (Å²) in [5.41, 5.74) is 1.98. The quantitative estimate of drug-likeness (QED) is 0.277. The molecule has 10 heteroatoms. The first-order valence-electron chi connectivity index (χ1n) is 7.24. The molecule has 24 heavy (non-hydrogen) atoms. The van der Waals surface area contributed by atoms with Gasteiger partial charge in [-0.2, -0.15) is 12.8 Å². The molecular weight excluding hydrogens is 356 g/mol. The molecule has 0 spiro atoms. The Morgan fingerprint density at radius 3 is 2.62 bits per heavy atom. The molecule has 3 N–H and O–H groups in total. The van der Waals surface area contributed by atoms with E-state index >= 15 is 0 Å². The summed E-state index contributed by atoms with van der Waals surface area (Å²) < 4.78 is 41.2. The number of aryl methyl sites for hydroxylation is 1. The molecule has 0 unspecified atom stereocenters. The van der Waals surface area contributed by atoms with Crippen LogP contribution in [0.3, 0.4) is 0 Å². The fraction of sp³-hybridized carbons (Fsp3) is 0.429. The SMILES string of the molecule is CCCCC(=NS)Oc1ccc2c(c1)CCC(=O)N2.O=S(=O)(O)O. The minimum atomic E-state index is -4.67. The molecule has 134 valence electrons. The Bertz CT molecular complexity index is 695. The number of thiol groups is 1. The van der Waals surface area contributed by atoms with E-state index in [1.54, 1.807) is 0 Å². The Morgan fingerprint density at radius 2 is 2.04 bits per heavy atom. The molecule has 1 heterocycles. The molecule has 2 rings (SSSR count). The van der Waals surface area contributed by atoms with Gasteiger partial charge in [0.05, 0.1) is 0 Å². The van der Waals surface area contributed by atoms with Gasteiger partial charge in [-0.15, -0.1) is 0 Å². The van der Waals surface area contributed by atoms with E-state index in [1.807, 2.05) is 18.2 Å². The van der Waals surface area contributed by atoms with Crippen molar-refractivity contribution in [2.45, 2.75) is 39.0 Å². The third-order valence-corrected chi connectivity index (χ3v) is 3.29. The number of fused-ring (bicyclic) bond motifs is 1. The number of nitrogens with zero attached hydrogens (tertiary/aromatic N) is 1. The highest BCUT2D eigenvalue weighted by atomic mass is 32.3. The minimum absolute atomic E-state index is 0.0710. The smallest absolute Gasteiger partial charge is 0.394 e. The largest absolute Gasteiger partial charge is 0.442 e. The second-order valence-electron chi connectivity index (χ2n) is 5.01. The van der Waals surface area contributed by atoms with E-state index in [4.69, 9.17) is 22.3 Å². The molecule has 0 bridgehead atoms. The van der Waals surface area contributed by atoms with Gasteiger partial charge in [-0.3, -0.25) is 13.9 Å². The highest BCUT2D eigenvalue weighted by Gasteiger charge is 2.15. The van der Waals surface area contributed by atoms with Crippen LogP contribution in [0.5, 0.6) is 5.75 Å². The Kier molecular flexibility index (Phi) is 8.19. The molecule has 1 aliphatic rings. The first-order valence-corrected chi connectivity index (χ1v) is 9.04. The number of carbonyl (C=O) groups is 1. The monoisotopic (exact) mass is 376 g/mol. The Balaban J connectivity index is 0.000000505. The first-order chi connectivity index (χ1) is 11.2. The van der Waals surface area contributed by atoms with Gasteiger partial charge in [-0.25, -0.2) is 0 Å². The number of amides is 1. The minimum Gasteiger partial charge on any atom is -0.442 e. The third-order valence-electron chi connectivity index (χ3n) is 3.06. The van der Waals surface area contributed by atoms with Crippen molar-refractivity contribution in [3.8, 4) is 5.75 Å². The predicted molar refractivity (Wildman–Crippen MR) is 94.1 cm³/mol. The summed E-state index contributed by atoms with van der Waals surface area (Å²) in [6.07, 6.45) is 4.18. The van der Waals surface area contributed by atoms with Crippen LogP contribution < -0.4 is 10.1 Å². The topological polar surface area (TPSA) is 125 Å². The van der Waals surface area contributed by atoms with Gasteiger partial charge in [0.1, 0.15) is 5.75 Å². The lowest BCUT2D eigenvalue weighted by Crippen LogP contribution is -2.19. The van der Waals surface area contributed by atoms with Gasteiger partial charge in [0.25, 0.3) is 0 Å². The highest BCUT2D eigenvalue weighted by Crippen LogP contribution is 2.27. The molecule has 1 aromatic rings. The summed E-state index contributed by atoms with van der Waals surface area (Å²) in [5, 5.41) is 2.85. The third kappa shape index (κ3) is 8.29. The number of hydrogen-bond donors (Lipinski definition) is 4. The van der Waals surface area contributed by atoms with Crippen LogP contribution in [0.1, 0.15) is 38.2 Å². The molecule has 0 saturated heterocycles. The van der Waals surface area contributed by atoms with Crippen LogP contribution in [-0.2, 0) is 21.6 Å². The van der Waals surface area contributed by atoms with Crippen molar-refractivity contribution in [2.75, 3.05) is 5.32 Å². The molecule has 0 atom stereocenters. The predicted octanol–water partition coefficient (Wildman–Crippen LogP) is 2.73. The average molecular weight is 376 g/mol. The fourth-order valence-corrected chi connectivity index (χ4v) is 2.15. The number of anilines is 1. The number of ether oxygens (including phenoxy) is 1. The van der Waals surface area contributed by atoms with Crippen molar-refractivity contribution in [1.82, 2.24) is 0 Å². The van der Waals surface area contributed by atoms with Gasteiger partial charge in [0, 0.05) is 18.5 Å². The second kappa shape index (κ2) is 9.62.